The van der Waals surface area contributed by atoms with Gasteiger partial charge in [0.2, 0.25) is 10.6 Å². The van der Waals surface area contributed by atoms with Crippen molar-refractivity contribution >= 4 is 107 Å². The second-order valence-corrected chi connectivity index (χ2v) is 20.1. The van der Waals surface area contributed by atoms with Crippen molar-refractivity contribution in [3.8, 4) is 22.3 Å². The molecule has 3 N–H and O–H groups in total. The first-order valence-electron chi connectivity index (χ1n) is 16.7. The van der Waals surface area contributed by atoms with Crippen molar-refractivity contribution in [3.63, 3.8) is 0 Å². The van der Waals surface area contributed by atoms with Crippen LogP contribution in [0.4, 0.5) is 21.6 Å². The molecule has 6 aromatic rings. The largest absolute Gasteiger partial charge is 1.00 e. The smallest absolute Gasteiger partial charge is 1.00 e. The van der Waals surface area contributed by atoms with Gasteiger partial charge in [-0.3, -0.25) is 9.18 Å². The van der Waals surface area contributed by atoms with Gasteiger partial charge in [-0.2, -0.15) is 4.98 Å². The quantitative estimate of drug-likeness (QED) is 0.0343. The average molecular weight is 996 g/mol. The molecule has 4 aromatic carbocycles. The molecular formula is C38H38Cl5FK2N6O5P2. The molecule has 0 atom stereocenters. The molecule has 0 aliphatic carbocycles. The zero-order valence-electron chi connectivity index (χ0n) is 34.7. The number of nitrogens with zero attached hydrogens (tertiary/aromatic N) is 4. The number of rotatable bonds is 7. The number of carbonyl (C=O) groups excluding carboxylic acids is 1. The van der Waals surface area contributed by atoms with Gasteiger partial charge in [-0.05, 0) is 96.4 Å². The second-order valence-electron chi connectivity index (χ2n) is 11.9. The first-order chi connectivity index (χ1) is 27.4. The molecule has 0 aliphatic rings. The third-order valence-electron chi connectivity index (χ3n) is 7.08. The molecule has 0 saturated carbocycles. The van der Waals surface area contributed by atoms with Crippen LogP contribution in [0.3, 0.4) is 0 Å². The molecular weight excluding hydrogens is 957 g/mol. The molecule has 0 amide bonds. The Balaban J connectivity index is 0. The van der Waals surface area contributed by atoms with E-state index in [0.717, 1.165) is 32.9 Å². The van der Waals surface area contributed by atoms with Crippen LogP contribution in [-0.2, 0) is 18.8 Å². The van der Waals surface area contributed by atoms with Crippen molar-refractivity contribution in [1.29, 1.82) is 0 Å². The van der Waals surface area contributed by atoms with Crippen molar-refractivity contribution in [3.05, 3.63) is 135 Å². The zero-order chi connectivity index (χ0) is 43.5. The standard InChI is InChI=1S/C18H16Cl2N3OP.C14H16NOP.C4HCl3N2.CH3F.CH2O3.2K.H/c1-25(2,24)16-10-13(12-6-4-3-5-7-12)8-9-15(16)22-17-14(19)11-21-18(20)23-17;1-17(2,16)14-10-12(8-9-13(14)15)11-6-4-3-5-7-11;5-2-1-8-4(7)9-3(2)6;1-2;2-1-4-3;;;/h3-11H,1-2H3,(H,21,22,23);3-10H,15H2,1-2H3;1H;1H3;1,3H;;;/q;;;;;2*+1;-1/p-1/i;;;1D;;;;. The van der Waals surface area contributed by atoms with E-state index in [4.69, 9.17) is 75.2 Å². The second kappa shape index (κ2) is 29.5. The van der Waals surface area contributed by atoms with E-state index in [0.29, 0.717) is 27.2 Å². The SMILES string of the molecule is CP(C)(=O)c1cc(-c2ccccc2)ccc1N.CP(C)(=O)c1cc(-c2ccccc2)ccc1Nc1nc(Cl)ncc1Cl.Clc1ncc(Cl)c(Cl)n1.O=CO[O-].[2H]CF.[H-].[K+].[K+]. The number of carbonyl (C=O) groups is 1. The number of anilines is 3. The average Bonchev–Trinajstić information content (AvgIpc) is 3.19. The Kier molecular flexibility index (Phi) is 28.1. The maximum atomic E-state index is 12.8. The van der Waals surface area contributed by atoms with Gasteiger partial charge in [0.05, 0.1) is 31.6 Å². The van der Waals surface area contributed by atoms with E-state index in [1.807, 2.05) is 97.1 Å². The minimum atomic E-state index is -2.55. The fourth-order valence-electron chi connectivity index (χ4n) is 4.60. The summed E-state index contributed by atoms with van der Waals surface area (Å²) >= 11 is 28.2. The number of hydrogen-bond acceptors (Lipinski definition) is 11. The summed E-state index contributed by atoms with van der Waals surface area (Å²) in [6.07, 6.45) is 2.77. The van der Waals surface area contributed by atoms with Gasteiger partial charge >= 0.3 is 103 Å². The third kappa shape index (κ3) is 20.5. The maximum absolute atomic E-state index is 12.8. The van der Waals surface area contributed by atoms with E-state index in [2.05, 4.69) is 30.1 Å². The van der Waals surface area contributed by atoms with Crippen LogP contribution in [0.2, 0.25) is 25.8 Å². The Labute approximate surface area is 456 Å². The van der Waals surface area contributed by atoms with Gasteiger partial charge < -0.3 is 31.8 Å². The fourth-order valence-corrected chi connectivity index (χ4v) is 7.58. The molecule has 11 nitrogen and oxygen atoms in total. The van der Waals surface area contributed by atoms with Crippen LogP contribution in [0.25, 0.3) is 22.3 Å². The fraction of sp³-hybridized carbons (Fsp3) is 0.132. The Bertz CT molecular complexity index is 2350. The molecule has 0 aliphatic heterocycles. The number of hydrogen-bond donors (Lipinski definition) is 2. The molecule has 0 unspecified atom stereocenters. The minimum Gasteiger partial charge on any atom is -1.00 e. The van der Waals surface area contributed by atoms with E-state index in [9.17, 15) is 13.5 Å². The molecule has 0 spiro atoms. The first-order valence-corrected chi connectivity index (χ1v) is 23.1. The molecule has 2 heterocycles. The number of alkyl halides is 1. The summed E-state index contributed by atoms with van der Waals surface area (Å²) in [6.45, 7) is 6.77. The van der Waals surface area contributed by atoms with Crippen molar-refractivity contribution in [2.75, 3.05) is 44.9 Å². The third-order valence-corrected chi connectivity index (χ3v) is 11.5. The van der Waals surface area contributed by atoms with Crippen molar-refractivity contribution < 1.29 is 134 Å². The molecule has 2 aromatic heterocycles. The maximum Gasteiger partial charge on any atom is 1.00 e. The van der Waals surface area contributed by atoms with Crippen LogP contribution < -0.4 is 130 Å². The van der Waals surface area contributed by atoms with Gasteiger partial charge in [-0.15, -0.1) is 0 Å². The summed E-state index contributed by atoms with van der Waals surface area (Å²) in [7, 11) is -5.88. The number of benzene rings is 4. The van der Waals surface area contributed by atoms with Gasteiger partial charge in [0.1, 0.15) is 19.3 Å². The van der Waals surface area contributed by atoms with Crippen LogP contribution in [0.15, 0.2) is 109 Å². The molecule has 0 saturated heterocycles. The summed E-state index contributed by atoms with van der Waals surface area (Å²) in [5.74, 6) is 0.379. The Morgan fingerprint density at radius 3 is 1.58 bits per heavy atom. The number of nitrogens with two attached hydrogens (primary N) is 1. The monoisotopic (exact) mass is 993 g/mol. The summed E-state index contributed by atoms with van der Waals surface area (Å²) in [4.78, 5) is 26.3. The number of aromatic nitrogens is 4. The minimum absolute atomic E-state index is 0. The van der Waals surface area contributed by atoms with E-state index in [-0.39, 0.29) is 126 Å². The Morgan fingerprint density at radius 2 is 1.15 bits per heavy atom. The number of nitrogens with one attached hydrogen (secondary N) is 1. The molecule has 21 heteroatoms. The van der Waals surface area contributed by atoms with Crippen molar-refractivity contribution in [1.82, 2.24) is 19.9 Å². The van der Waals surface area contributed by atoms with E-state index >= 15 is 0 Å². The van der Waals surface area contributed by atoms with Gasteiger partial charge in [0.15, 0.2) is 11.0 Å². The van der Waals surface area contributed by atoms with Crippen LogP contribution in [-0.4, -0.2) is 60.2 Å². The first kappa shape index (κ1) is 56.2. The molecule has 0 bridgehead atoms. The summed E-state index contributed by atoms with van der Waals surface area (Å²) in [6, 6.07) is 31.5. The molecule has 304 valence electrons. The number of halogens is 6. The van der Waals surface area contributed by atoms with Gasteiger partial charge in [0, 0.05) is 16.3 Å². The van der Waals surface area contributed by atoms with Crippen molar-refractivity contribution in [2.24, 2.45) is 0 Å². The normalized spacial score (nSPS) is 10.3. The number of nitrogen functional groups attached to an aromatic ring is 1. The topological polar surface area (TPSA) is 173 Å². The van der Waals surface area contributed by atoms with Crippen LogP contribution in [0.5, 0.6) is 0 Å². The van der Waals surface area contributed by atoms with Crippen molar-refractivity contribution in [2.45, 2.75) is 0 Å². The van der Waals surface area contributed by atoms with E-state index in [1.54, 1.807) is 26.7 Å². The summed E-state index contributed by atoms with van der Waals surface area (Å²) in [5.41, 5.74) is 11.4. The predicted octanol–water partition coefficient (Wildman–Crippen LogP) is 4.20. The van der Waals surface area contributed by atoms with E-state index in [1.165, 1.54) is 12.4 Å². The zero-order valence-corrected chi connectivity index (χ0v) is 44.6. The molecule has 59 heavy (non-hydrogen) atoms. The Morgan fingerprint density at radius 1 is 0.729 bits per heavy atom. The van der Waals surface area contributed by atoms with Crippen LogP contribution >= 0.6 is 72.3 Å². The summed E-state index contributed by atoms with van der Waals surface area (Å²) in [5, 5.41) is 14.1. The van der Waals surface area contributed by atoms with E-state index < -0.39 is 21.4 Å². The van der Waals surface area contributed by atoms with Crippen LogP contribution in [0.1, 0.15) is 2.80 Å². The molecule has 0 radical (unpaired) electrons. The summed E-state index contributed by atoms with van der Waals surface area (Å²) < 4.78 is 40.5. The van der Waals surface area contributed by atoms with Gasteiger partial charge in [-0.1, -0.05) is 108 Å². The van der Waals surface area contributed by atoms with Gasteiger partial charge in [-0.25, -0.2) is 15.0 Å². The molecule has 0 fully saturated rings. The Hall–Kier alpha value is -0.817. The molecule has 6 rings (SSSR count). The van der Waals surface area contributed by atoms with Gasteiger partial charge in [0.25, 0.3) is 6.47 Å². The predicted molar refractivity (Wildman–Crippen MR) is 234 cm³/mol. The van der Waals surface area contributed by atoms with Crippen LogP contribution in [0, 0.1) is 0 Å².